The molecule has 164 valence electrons. The third kappa shape index (κ3) is 6.19. The lowest BCUT2D eigenvalue weighted by Crippen LogP contribution is -1.97. The van der Waals surface area contributed by atoms with Crippen molar-refractivity contribution in [3.63, 3.8) is 0 Å². The highest BCUT2D eigenvalue weighted by molar-refractivity contribution is 7.99. The topological polar surface area (TPSA) is 92.5 Å². The molecule has 0 aliphatic heterocycles. The van der Waals surface area contributed by atoms with Gasteiger partial charge in [-0.25, -0.2) is 0 Å². The fourth-order valence-electron chi connectivity index (χ4n) is 2.96. The highest BCUT2D eigenvalue weighted by atomic mass is 32.2. The van der Waals surface area contributed by atoms with Crippen LogP contribution in [0, 0.1) is 0 Å². The van der Waals surface area contributed by atoms with Gasteiger partial charge in [0.25, 0.3) is 0 Å². The monoisotopic (exact) mass is 476 g/mol. The number of carboxylic acid groups (broad SMARTS) is 2. The first-order valence-corrected chi connectivity index (χ1v) is 11.5. The van der Waals surface area contributed by atoms with Crippen molar-refractivity contribution in [1.29, 1.82) is 0 Å². The van der Waals surface area contributed by atoms with Gasteiger partial charge >= 0.3 is 11.9 Å². The predicted octanol–water partition coefficient (Wildman–Crippen LogP) is 6.60. The summed E-state index contributed by atoms with van der Waals surface area (Å²) < 4.78 is 5.93. The number of aliphatic hydroxyl groups excluding tert-OH is 2. The molecular formula is C26H20O5S2+2. The van der Waals surface area contributed by atoms with E-state index in [1.165, 1.54) is 23.5 Å². The van der Waals surface area contributed by atoms with Gasteiger partial charge in [0.15, 0.2) is 0 Å². The molecule has 0 amide bonds. The zero-order valence-electron chi connectivity index (χ0n) is 17.3. The molecule has 0 spiro atoms. The van der Waals surface area contributed by atoms with Crippen LogP contribution in [0.25, 0.3) is 0 Å². The molecule has 0 aliphatic carbocycles. The average Bonchev–Trinajstić information content (AvgIpc) is 2.82. The Balaban J connectivity index is 1.37. The second kappa shape index (κ2) is 10.3. The van der Waals surface area contributed by atoms with Crippen molar-refractivity contribution in [2.75, 3.05) is 0 Å². The van der Waals surface area contributed by atoms with E-state index in [2.05, 4.69) is 0 Å². The van der Waals surface area contributed by atoms with Gasteiger partial charge in [-0.15, -0.1) is 0 Å². The molecule has 0 aliphatic rings. The largest absolute Gasteiger partial charge is 0.515 e. The van der Waals surface area contributed by atoms with Crippen LogP contribution in [0.3, 0.4) is 0 Å². The van der Waals surface area contributed by atoms with Crippen molar-refractivity contribution >= 4 is 35.5 Å². The van der Waals surface area contributed by atoms with Crippen LogP contribution in [0.5, 0.6) is 11.5 Å². The van der Waals surface area contributed by atoms with Crippen LogP contribution in [0.4, 0.5) is 0 Å². The van der Waals surface area contributed by atoms with Gasteiger partial charge in [-0.05, 0) is 84.9 Å². The Morgan fingerprint density at radius 1 is 0.545 bits per heavy atom. The van der Waals surface area contributed by atoms with Gasteiger partial charge in [0.2, 0.25) is 0 Å². The Morgan fingerprint density at radius 3 is 1.30 bits per heavy atom. The van der Waals surface area contributed by atoms with Crippen molar-refractivity contribution < 1.29 is 24.5 Å². The Morgan fingerprint density at radius 2 is 0.939 bits per heavy atom. The quantitative estimate of drug-likeness (QED) is 0.280. The van der Waals surface area contributed by atoms with Crippen molar-refractivity contribution in [3.05, 3.63) is 108 Å². The van der Waals surface area contributed by atoms with E-state index < -0.39 is 11.9 Å². The smallest absolute Gasteiger partial charge is 0.457 e. The normalized spacial score (nSPS) is 10.5. The van der Waals surface area contributed by atoms with Crippen molar-refractivity contribution in [2.45, 2.75) is 19.6 Å². The first-order valence-electron chi connectivity index (χ1n) is 9.90. The molecule has 33 heavy (non-hydrogen) atoms. The van der Waals surface area contributed by atoms with E-state index in [0.717, 1.165) is 19.6 Å². The van der Waals surface area contributed by atoms with Crippen LogP contribution in [0.1, 0.15) is 11.1 Å². The maximum Gasteiger partial charge on any atom is 0.515 e. The standard InChI is InChI=1S/C26H18O5S2/c27-25(28)17-3-1-5-23(15-17)32-21-11-7-19(8-12-21)31-20-9-13-22(14-10-20)33-24-6-2-4-18(16-24)26(29)30/h1-16H,(H,27,28)(H,29,30)/p+2. The summed E-state index contributed by atoms with van der Waals surface area (Å²) in [6, 6.07) is 29.4. The first-order chi connectivity index (χ1) is 16.0. The molecule has 4 aromatic rings. The summed E-state index contributed by atoms with van der Waals surface area (Å²) in [5, 5.41) is 18.5. The number of rotatable bonds is 8. The van der Waals surface area contributed by atoms with Crippen molar-refractivity contribution in [1.82, 2.24) is 0 Å². The molecule has 4 rings (SSSR count). The molecule has 0 saturated carbocycles. The minimum Gasteiger partial charge on any atom is -0.457 e. The van der Waals surface area contributed by atoms with E-state index in [1.807, 2.05) is 60.7 Å². The number of hydrogen-bond acceptors (Lipinski definition) is 3. The van der Waals surface area contributed by atoms with E-state index in [1.54, 1.807) is 36.4 Å². The summed E-state index contributed by atoms with van der Waals surface area (Å²) in [6.07, 6.45) is 0. The van der Waals surface area contributed by atoms with E-state index in [-0.39, 0.29) is 0 Å². The van der Waals surface area contributed by atoms with Gasteiger partial charge in [-0.3, -0.25) is 0 Å². The number of benzene rings is 4. The summed E-state index contributed by atoms with van der Waals surface area (Å²) in [6.45, 7) is 0. The molecule has 0 saturated heterocycles. The summed E-state index contributed by atoms with van der Waals surface area (Å²) in [5.41, 5.74) is 0.748. The van der Waals surface area contributed by atoms with Crippen molar-refractivity contribution in [3.8, 4) is 11.5 Å². The Hall–Kier alpha value is -3.68. The molecule has 7 heteroatoms. The maximum absolute atomic E-state index is 9.24. The fourth-order valence-corrected chi connectivity index (χ4v) is 4.71. The molecule has 0 radical (unpaired) electrons. The lowest BCUT2D eigenvalue weighted by Gasteiger charge is -2.08. The van der Waals surface area contributed by atoms with Crippen LogP contribution < -0.4 is 4.74 Å². The Labute approximate surface area is 199 Å². The molecule has 4 aromatic carbocycles. The first kappa shape index (κ1) is 22.5. The summed E-state index contributed by atoms with van der Waals surface area (Å²) in [5.74, 6) is 0.0252. The SMILES string of the molecule is OC(=[OH+])c1cccc(Sc2ccc(Oc3ccc(Sc4cccc(C(O)=[OH+])c4)cc3)cc2)c1. The molecule has 0 aromatic heterocycles. The Kier molecular flexibility index (Phi) is 7.02. The second-order valence-electron chi connectivity index (χ2n) is 6.95. The molecule has 0 atom stereocenters. The zero-order valence-corrected chi connectivity index (χ0v) is 18.9. The molecule has 0 heterocycles. The highest BCUT2D eigenvalue weighted by Gasteiger charge is 2.11. The van der Waals surface area contributed by atoms with Crippen LogP contribution in [-0.2, 0) is 0 Å². The number of hydrogen-bond donors (Lipinski definition) is 2. The molecule has 0 fully saturated rings. The van der Waals surface area contributed by atoms with E-state index in [0.29, 0.717) is 22.6 Å². The van der Waals surface area contributed by atoms with Gasteiger partial charge < -0.3 is 24.5 Å². The van der Waals surface area contributed by atoms with Crippen LogP contribution in [0.2, 0.25) is 0 Å². The molecule has 0 unspecified atom stereocenters. The van der Waals surface area contributed by atoms with Crippen molar-refractivity contribution in [2.24, 2.45) is 0 Å². The molecule has 0 bridgehead atoms. The van der Waals surface area contributed by atoms with Gasteiger partial charge in [-0.2, -0.15) is 0 Å². The summed E-state index contributed by atoms with van der Waals surface area (Å²) >= 11 is 3.03. The van der Waals surface area contributed by atoms with Crippen LogP contribution in [-0.4, -0.2) is 31.7 Å². The second-order valence-corrected chi connectivity index (χ2v) is 9.25. The molecule has 5 nitrogen and oxygen atoms in total. The van der Waals surface area contributed by atoms with Gasteiger partial charge in [0, 0.05) is 19.6 Å². The molecule has 4 N–H and O–H groups in total. The minimum absolute atomic E-state index is 0.374. The fraction of sp³-hybridized carbons (Fsp3) is 0. The van der Waals surface area contributed by atoms with E-state index in [4.69, 9.17) is 4.74 Å². The number of ether oxygens (including phenoxy) is 1. The third-order valence-corrected chi connectivity index (χ3v) is 6.53. The number of aromatic carboxylic acids is 2. The van der Waals surface area contributed by atoms with E-state index >= 15 is 0 Å². The maximum atomic E-state index is 9.24. The lowest BCUT2D eigenvalue weighted by atomic mass is 10.2. The van der Waals surface area contributed by atoms with Gasteiger partial charge in [0.05, 0.1) is 0 Å². The van der Waals surface area contributed by atoms with Crippen LogP contribution >= 0.6 is 23.5 Å². The summed E-state index contributed by atoms with van der Waals surface area (Å²) in [4.78, 5) is 22.3. The summed E-state index contributed by atoms with van der Waals surface area (Å²) in [7, 11) is 0. The predicted molar refractivity (Wildman–Crippen MR) is 131 cm³/mol. The zero-order chi connectivity index (χ0) is 23.2. The molecular weight excluding hydrogens is 456 g/mol. The van der Waals surface area contributed by atoms with E-state index in [9.17, 15) is 19.8 Å². The highest BCUT2D eigenvalue weighted by Crippen LogP contribution is 2.33. The van der Waals surface area contributed by atoms with Gasteiger partial charge in [0.1, 0.15) is 22.6 Å². The lowest BCUT2D eigenvalue weighted by molar-refractivity contribution is 0.462. The minimum atomic E-state index is -0.693. The van der Waals surface area contributed by atoms with Gasteiger partial charge in [-0.1, -0.05) is 35.7 Å². The number of carboxylic acids is 2. The average molecular weight is 477 g/mol. The Bertz CT molecular complexity index is 1180. The third-order valence-electron chi connectivity index (χ3n) is 4.54. The van der Waals surface area contributed by atoms with Crippen LogP contribution in [0.15, 0.2) is 117 Å².